The molecule has 0 saturated carbocycles. The van der Waals surface area contributed by atoms with Gasteiger partial charge in [-0.05, 0) is 37.1 Å². The molecule has 2 amide bonds. The van der Waals surface area contributed by atoms with Crippen LogP contribution in [0.25, 0.3) is 0 Å². The summed E-state index contributed by atoms with van der Waals surface area (Å²) in [5.41, 5.74) is 1.54. The summed E-state index contributed by atoms with van der Waals surface area (Å²) in [6.45, 7) is 1.87. The Balaban J connectivity index is 1.65. The van der Waals surface area contributed by atoms with Crippen LogP contribution in [0.4, 0.5) is 0 Å². The SMILES string of the molecule is O=C(NCc1ccccn1)c1ccnc(C(=O)N2CCCCCC2)c1. The molecule has 2 aromatic rings. The third kappa shape index (κ3) is 4.62. The molecule has 0 atom stereocenters. The maximum atomic E-state index is 12.6. The molecule has 0 aromatic carbocycles. The average Bonchev–Trinajstić information content (AvgIpc) is 2.96. The molecule has 1 fully saturated rings. The maximum absolute atomic E-state index is 12.6. The number of likely N-dealkylation sites (tertiary alicyclic amines) is 1. The summed E-state index contributed by atoms with van der Waals surface area (Å²) < 4.78 is 0. The molecule has 0 aliphatic carbocycles. The van der Waals surface area contributed by atoms with Crippen molar-refractivity contribution in [2.24, 2.45) is 0 Å². The van der Waals surface area contributed by atoms with Crippen molar-refractivity contribution in [2.75, 3.05) is 13.1 Å². The number of amides is 2. The molecule has 1 aliphatic heterocycles. The first kappa shape index (κ1) is 17.1. The quantitative estimate of drug-likeness (QED) is 0.929. The van der Waals surface area contributed by atoms with Crippen molar-refractivity contribution < 1.29 is 9.59 Å². The van der Waals surface area contributed by atoms with E-state index in [1.807, 2.05) is 23.1 Å². The Bertz CT molecular complexity index is 725. The topological polar surface area (TPSA) is 75.2 Å². The predicted molar refractivity (Wildman–Crippen MR) is 94.0 cm³/mol. The monoisotopic (exact) mass is 338 g/mol. The van der Waals surface area contributed by atoms with Crippen LogP contribution in [0.1, 0.15) is 52.2 Å². The molecule has 0 radical (unpaired) electrons. The van der Waals surface area contributed by atoms with Crippen molar-refractivity contribution in [3.8, 4) is 0 Å². The Morgan fingerprint density at radius 1 is 1.00 bits per heavy atom. The van der Waals surface area contributed by atoms with Gasteiger partial charge < -0.3 is 10.2 Å². The van der Waals surface area contributed by atoms with Crippen molar-refractivity contribution >= 4 is 11.8 Å². The molecule has 6 nitrogen and oxygen atoms in total. The van der Waals surface area contributed by atoms with E-state index in [9.17, 15) is 9.59 Å². The molecule has 0 unspecified atom stereocenters. The van der Waals surface area contributed by atoms with Crippen LogP contribution in [0.15, 0.2) is 42.7 Å². The van der Waals surface area contributed by atoms with Crippen LogP contribution in [0, 0.1) is 0 Å². The highest BCUT2D eigenvalue weighted by Crippen LogP contribution is 2.13. The van der Waals surface area contributed by atoms with Crippen molar-refractivity contribution in [1.29, 1.82) is 0 Å². The zero-order valence-corrected chi connectivity index (χ0v) is 14.1. The lowest BCUT2D eigenvalue weighted by molar-refractivity contribution is 0.0755. The molecule has 3 heterocycles. The third-order valence-electron chi connectivity index (χ3n) is 4.29. The van der Waals surface area contributed by atoms with Crippen LogP contribution in [-0.4, -0.2) is 39.8 Å². The van der Waals surface area contributed by atoms with E-state index in [2.05, 4.69) is 15.3 Å². The molecule has 1 saturated heterocycles. The number of aromatic nitrogens is 2. The zero-order chi connectivity index (χ0) is 17.5. The Kier molecular flexibility index (Phi) is 5.72. The number of nitrogens with one attached hydrogen (secondary N) is 1. The summed E-state index contributed by atoms with van der Waals surface area (Å²) >= 11 is 0. The molecule has 6 heteroatoms. The van der Waals surface area contributed by atoms with Crippen molar-refractivity contribution in [1.82, 2.24) is 20.2 Å². The number of carbonyl (C=O) groups excluding carboxylic acids is 2. The van der Waals surface area contributed by atoms with Crippen molar-refractivity contribution in [2.45, 2.75) is 32.2 Å². The van der Waals surface area contributed by atoms with E-state index in [1.54, 1.807) is 18.3 Å². The molecule has 130 valence electrons. The van der Waals surface area contributed by atoms with Crippen LogP contribution < -0.4 is 5.32 Å². The van der Waals surface area contributed by atoms with Gasteiger partial charge in [-0.3, -0.25) is 19.6 Å². The molecule has 1 N–H and O–H groups in total. The highest BCUT2D eigenvalue weighted by atomic mass is 16.2. The number of hydrogen-bond donors (Lipinski definition) is 1. The smallest absolute Gasteiger partial charge is 0.272 e. The van der Waals surface area contributed by atoms with Crippen LogP contribution in [0.5, 0.6) is 0 Å². The molecule has 1 aliphatic rings. The van der Waals surface area contributed by atoms with Gasteiger partial charge in [0.25, 0.3) is 11.8 Å². The molecule has 0 spiro atoms. The second kappa shape index (κ2) is 8.37. The van der Waals surface area contributed by atoms with E-state index in [1.165, 1.54) is 6.20 Å². The summed E-state index contributed by atoms with van der Waals surface area (Å²) in [7, 11) is 0. The van der Waals surface area contributed by atoms with Gasteiger partial charge in [0, 0.05) is 31.0 Å². The Morgan fingerprint density at radius 2 is 1.80 bits per heavy atom. The lowest BCUT2D eigenvalue weighted by Gasteiger charge is -2.19. The first-order valence-corrected chi connectivity index (χ1v) is 8.67. The van der Waals surface area contributed by atoms with E-state index in [0.29, 0.717) is 17.8 Å². The minimum Gasteiger partial charge on any atom is -0.346 e. The summed E-state index contributed by atoms with van der Waals surface area (Å²) in [6, 6.07) is 8.74. The van der Waals surface area contributed by atoms with E-state index < -0.39 is 0 Å². The van der Waals surface area contributed by atoms with Gasteiger partial charge in [0.15, 0.2) is 0 Å². The number of rotatable bonds is 4. The predicted octanol–water partition coefficient (Wildman–Crippen LogP) is 2.42. The minimum atomic E-state index is -0.238. The Morgan fingerprint density at radius 3 is 2.52 bits per heavy atom. The largest absolute Gasteiger partial charge is 0.346 e. The van der Waals surface area contributed by atoms with Gasteiger partial charge in [-0.25, -0.2) is 0 Å². The van der Waals surface area contributed by atoms with Gasteiger partial charge in [-0.15, -0.1) is 0 Å². The fraction of sp³-hybridized carbons (Fsp3) is 0.368. The zero-order valence-electron chi connectivity index (χ0n) is 14.1. The van der Waals surface area contributed by atoms with E-state index in [0.717, 1.165) is 44.5 Å². The van der Waals surface area contributed by atoms with Crippen LogP contribution in [0.3, 0.4) is 0 Å². The second-order valence-electron chi connectivity index (χ2n) is 6.14. The Hall–Kier alpha value is -2.76. The van der Waals surface area contributed by atoms with Gasteiger partial charge >= 0.3 is 0 Å². The lowest BCUT2D eigenvalue weighted by atomic mass is 10.2. The lowest BCUT2D eigenvalue weighted by Crippen LogP contribution is -2.32. The molecular weight excluding hydrogens is 316 g/mol. The van der Waals surface area contributed by atoms with Crippen molar-refractivity contribution in [3.63, 3.8) is 0 Å². The fourth-order valence-corrected chi connectivity index (χ4v) is 2.90. The second-order valence-corrected chi connectivity index (χ2v) is 6.14. The van der Waals surface area contributed by atoms with E-state index in [4.69, 9.17) is 0 Å². The summed E-state index contributed by atoms with van der Waals surface area (Å²) in [6.07, 6.45) is 7.57. The van der Waals surface area contributed by atoms with Gasteiger partial charge in [0.05, 0.1) is 12.2 Å². The van der Waals surface area contributed by atoms with E-state index >= 15 is 0 Å². The summed E-state index contributed by atoms with van der Waals surface area (Å²) in [5.74, 6) is -0.334. The summed E-state index contributed by atoms with van der Waals surface area (Å²) in [5, 5.41) is 2.82. The normalized spacial score (nSPS) is 14.6. The van der Waals surface area contributed by atoms with Gasteiger partial charge in [-0.1, -0.05) is 18.9 Å². The molecule has 0 bridgehead atoms. The van der Waals surface area contributed by atoms with E-state index in [-0.39, 0.29) is 11.8 Å². The standard InChI is InChI=1S/C19H22N4O2/c24-18(22-14-16-7-3-4-9-20-16)15-8-10-21-17(13-15)19(25)23-11-5-1-2-6-12-23/h3-4,7-10,13H,1-2,5-6,11-12,14H2,(H,22,24). The number of pyridine rings is 2. The average molecular weight is 338 g/mol. The number of hydrogen-bond acceptors (Lipinski definition) is 4. The van der Waals surface area contributed by atoms with Gasteiger partial charge in [-0.2, -0.15) is 0 Å². The summed E-state index contributed by atoms with van der Waals surface area (Å²) in [4.78, 5) is 35.1. The Labute approximate surface area is 147 Å². The van der Waals surface area contributed by atoms with Crippen LogP contribution in [0.2, 0.25) is 0 Å². The third-order valence-corrected chi connectivity index (χ3v) is 4.29. The minimum absolute atomic E-state index is 0.0960. The molecule has 25 heavy (non-hydrogen) atoms. The first-order valence-electron chi connectivity index (χ1n) is 8.67. The highest BCUT2D eigenvalue weighted by Gasteiger charge is 2.19. The molecule has 2 aromatic heterocycles. The highest BCUT2D eigenvalue weighted by molar-refractivity contribution is 5.98. The van der Waals surface area contributed by atoms with Gasteiger partial charge in [0.1, 0.15) is 5.69 Å². The van der Waals surface area contributed by atoms with Crippen LogP contribution in [-0.2, 0) is 6.54 Å². The molecule has 3 rings (SSSR count). The first-order chi connectivity index (χ1) is 12.2. The molecular formula is C19H22N4O2. The maximum Gasteiger partial charge on any atom is 0.272 e. The number of carbonyl (C=O) groups is 2. The van der Waals surface area contributed by atoms with Gasteiger partial charge in [0.2, 0.25) is 0 Å². The number of nitrogens with zero attached hydrogens (tertiary/aromatic N) is 3. The fourth-order valence-electron chi connectivity index (χ4n) is 2.90. The van der Waals surface area contributed by atoms with Crippen molar-refractivity contribution in [3.05, 3.63) is 59.7 Å². The van der Waals surface area contributed by atoms with Crippen LogP contribution >= 0.6 is 0 Å².